The molecule has 1 N–H and O–H groups in total. The van der Waals surface area contributed by atoms with Gasteiger partial charge in [0.1, 0.15) is 5.76 Å². The molecule has 0 fully saturated rings. The van der Waals surface area contributed by atoms with Crippen molar-refractivity contribution in [1.82, 2.24) is 20.2 Å². The van der Waals surface area contributed by atoms with E-state index in [2.05, 4.69) is 20.7 Å². The van der Waals surface area contributed by atoms with Crippen LogP contribution in [0.25, 0.3) is 23.2 Å². The fourth-order valence-corrected chi connectivity index (χ4v) is 4.32. The number of hydrazone groups is 1. The quantitative estimate of drug-likeness (QED) is 0.165. The number of para-hydroxylation sites is 1. The highest BCUT2D eigenvalue weighted by atomic mass is 32.2. The van der Waals surface area contributed by atoms with Crippen molar-refractivity contribution in [1.29, 1.82) is 0 Å². The highest BCUT2D eigenvalue weighted by Gasteiger charge is 2.21. The predicted molar refractivity (Wildman–Crippen MR) is 146 cm³/mol. The summed E-state index contributed by atoms with van der Waals surface area (Å²) in [4.78, 5) is 12.5. The largest absolute Gasteiger partial charge is 0.493 e. The monoisotopic (exact) mass is 533 g/mol. The van der Waals surface area contributed by atoms with Crippen LogP contribution in [0.1, 0.15) is 12.7 Å². The number of benzene rings is 2. The molecule has 0 spiro atoms. The van der Waals surface area contributed by atoms with Crippen LogP contribution < -0.4 is 19.6 Å². The van der Waals surface area contributed by atoms with Gasteiger partial charge in [-0.3, -0.25) is 9.36 Å². The first-order chi connectivity index (χ1) is 18.5. The molecule has 0 saturated carbocycles. The minimum absolute atomic E-state index is 0.0819. The number of carbonyl (C=O) groups is 1. The number of thioether (sulfide) groups is 1. The number of aromatic nitrogens is 3. The maximum absolute atomic E-state index is 12.5. The molecule has 0 aliphatic rings. The molecular formula is C27H27N5O5S. The topological polar surface area (TPSA) is 113 Å². The molecule has 0 unspecified atom stereocenters. The standard InChI is InChI=1S/C27H27N5O5S/c1-18(13-21-11-8-12-37-21)16-28-29-24(33)17-38-27-31-30-26(32(27)20-9-6-5-7-10-20)19-14-22(34-2)25(36-4)23(15-19)35-3/h5-16H,17H2,1-4H3,(H,29,33). The molecule has 2 heterocycles. The average Bonchev–Trinajstić information content (AvgIpc) is 3.61. The Morgan fingerprint density at radius 2 is 1.79 bits per heavy atom. The van der Waals surface area contributed by atoms with E-state index in [0.29, 0.717) is 39.6 Å². The molecule has 1 amide bonds. The van der Waals surface area contributed by atoms with Crippen molar-refractivity contribution in [3.63, 3.8) is 0 Å². The Balaban J connectivity index is 1.56. The summed E-state index contributed by atoms with van der Waals surface area (Å²) in [6.07, 6.45) is 4.97. The molecule has 0 atom stereocenters. The molecule has 4 rings (SSSR count). The van der Waals surface area contributed by atoms with Gasteiger partial charge in [0, 0.05) is 11.3 Å². The van der Waals surface area contributed by atoms with E-state index in [9.17, 15) is 4.79 Å². The zero-order chi connectivity index (χ0) is 26.9. The molecule has 0 aliphatic carbocycles. The maximum Gasteiger partial charge on any atom is 0.250 e. The Bertz CT molecular complexity index is 1410. The summed E-state index contributed by atoms with van der Waals surface area (Å²) in [5, 5.41) is 13.4. The average molecular weight is 534 g/mol. The molecule has 0 radical (unpaired) electrons. The molecule has 0 aliphatic heterocycles. The van der Waals surface area contributed by atoms with Crippen LogP contribution in [0.2, 0.25) is 0 Å². The second kappa shape index (κ2) is 12.6. The third kappa shape index (κ3) is 6.24. The predicted octanol–water partition coefficient (Wildman–Crippen LogP) is 4.85. The first kappa shape index (κ1) is 26.6. The van der Waals surface area contributed by atoms with Crippen molar-refractivity contribution in [2.24, 2.45) is 5.10 Å². The Morgan fingerprint density at radius 1 is 1.05 bits per heavy atom. The lowest BCUT2D eigenvalue weighted by Crippen LogP contribution is -2.20. The number of hydrogen-bond donors (Lipinski definition) is 1. The van der Waals surface area contributed by atoms with E-state index in [1.165, 1.54) is 11.8 Å². The number of furan rings is 1. The van der Waals surface area contributed by atoms with Gasteiger partial charge in [-0.2, -0.15) is 5.10 Å². The first-order valence-electron chi connectivity index (χ1n) is 11.5. The van der Waals surface area contributed by atoms with Crippen molar-refractivity contribution >= 4 is 30.0 Å². The van der Waals surface area contributed by atoms with Gasteiger partial charge in [0.2, 0.25) is 5.75 Å². The van der Waals surface area contributed by atoms with Gasteiger partial charge in [-0.05, 0) is 55.0 Å². The number of amides is 1. The molecule has 0 saturated heterocycles. The molecule has 2 aromatic carbocycles. The number of ether oxygens (including phenoxy) is 3. The van der Waals surface area contributed by atoms with Crippen molar-refractivity contribution in [3.8, 4) is 34.3 Å². The number of nitrogens with zero attached hydrogens (tertiary/aromatic N) is 4. The number of rotatable bonds is 11. The van der Waals surface area contributed by atoms with E-state index in [4.69, 9.17) is 18.6 Å². The van der Waals surface area contributed by atoms with Crippen LogP contribution in [-0.2, 0) is 4.79 Å². The minimum Gasteiger partial charge on any atom is -0.493 e. The second-order valence-corrected chi connectivity index (χ2v) is 8.82. The lowest BCUT2D eigenvalue weighted by molar-refractivity contribution is -0.118. The fraction of sp³-hybridized carbons (Fsp3) is 0.185. The first-order valence-corrected chi connectivity index (χ1v) is 12.5. The molecular weight excluding hydrogens is 506 g/mol. The van der Waals surface area contributed by atoms with Gasteiger partial charge in [-0.25, -0.2) is 5.43 Å². The summed E-state index contributed by atoms with van der Waals surface area (Å²) in [5.41, 5.74) is 4.90. The minimum atomic E-state index is -0.283. The van der Waals surface area contributed by atoms with Gasteiger partial charge < -0.3 is 18.6 Å². The number of allylic oxidation sites excluding steroid dienone is 1. The molecule has 196 valence electrons. The maximum atomic E-state index is 12.5. The summed E-state index contributed by atoms with van der Waals surface area (Å²) in [5.74, 6) is 2.52. The Morgan fingerprint density at radius 3 is 2.42 bits per heavy atom. The van der Waals surface area contributed by atoms with Crippen molar-refractivity contribution in [2.75, 3.05) is 27.1 Å². The van der Waals surface area contributed by atoms with Crippen molar-refractivity contribution < 1.29 is 23.4 Å². The number of methoxy groups -OCH3 is 3. The summed E-state index contributed by atoms with van der Waals surface area (Å²) in [6, 6.07) is 16.9. The van der Waals surface area contributed by atoms with Crippen molar-refractivity contribution in [3.05, 3.63) is 72.2 Å². The van der Waals surface area contributed by atoms with Gasteiger partial charge in [0.05, 0.1) is 39.6 Å². The molecule has 11 heteroatoms. The van der Waals surface area contributed by atoms with Crippen LogP contribution in [0.4, 0.5) is 0 Å². The van der Waals surface area contributed by atoms with Crippen LogP contribution in [0.3, 0.4) is 0 Å². The van der Waals surface area contributed by atoms with Gasteiger partial charge in [-0.1, -0.05) is 30.0 Å². The van der Waals surface area contributed by atoms with E-state index in [1.54, 1.807) is 52.0 Å². The molecule has 38 heavy (non-hydrogen) atoms. The Labute approximate surface area is 224 Å². The van der Waals surface area contributed by atoms with E-state index >= 15 is 0 Å². The van der Waals surface area contributed by atoms with Crippen LogP contribution in [-0.4, -0.2) is 54.0 Å². The third-order valence-corrected chi connectivity index (χ3v) is 6.20. The molecule has 10 nitrogen and oxygen atoms in total. The summed E-state index contributed by atoms with van der Waals surface area (Å²) < 4.78 is 23.6. The molecule has 0 bridgehead atoms. The van der Waals surface area contributed by atoms with Gasteiger partial charge >= 0.3 is 0 Å². The van der Waals surface area contributed by atoms with Crippen molar-refractivity contribution in [2.45, 2.75) is 12.1 Å². The number of hydrogen-bond acceptors (Lipinski definition) is 9. The van der Waals surface area contributed by atoms with Gasteiger partial charge in [-0.15, -0.1) is 10.2 Å². The lowest BCUT2D eigenvalue weighted by atomic mass is 10.1. The van der Waals surface area contributed by atoms with Crippen LogP contribution in [0.15, 0.2) is 81.1 Å². The zero-order valence-electron chi connectivity index (χ0n) is 21.4. The van der Waals surface area contributed by atoms with E-state index in [-0.39, 0.29) is 11.7 Å². The lowest BCUT2D eigenvalue weighted by Gasteiger charge is -2.15. The van der Waals surface area contributed by atoms with E-state index < -0.39 is 0 Å². The molecule has 4 aromatic rings. The molecule has 2 aromatic heterocycles. The summed E-state index contributed by atoms with van der Waals surface area (Å²) in [6.45, 7) is 1.86. The summed E-state index contributed by atoms with van der Waals surface area (Å²) in [7, 11) is 4.66. The summed E-state index contributed by atoms with van der Waals surface area (Å²) >= 11 is 1.24. The highest BCUT2D eigenvalue weighted by Crippen LogP contribution is 2.41. The van der Waals surface area contributed by atoms with Crippen LogP contribution in [0.5, 0.6) is 17.2 Å². The smallest absolute Gasteiger partial charge is 0.250 e. The number of nitrogens with one attached hydrogen (secondary N) is 1. The number of carbonyl (C=O) groups excluding carboxylic acids is 1. The van der Waals surface area contributed by atoms with E-state index in [1.807, 2.05) is 54.0 Å². The highest BCUT2D eigenvalue weighted by molar-refractivity contribution is 7.99. The fourth-order valence-electron chi connectivity index (χ4n) is 3.57. The van der Waals surface area contributed by atoms with Gasteiger partial charge in [0.25, 0.3) is 5.91 Å². The zero-order valence-corrected chi connectivity index (χ0v) is 22.2. The normalized spacial score (nSPS) is 11.5. The van der Waals surface area contributed by atoms with E-state index in [0.717, 1.165) is 11.3 Å². The second-order valence-electron chi connectivity index (χ2n) is 7.88. The Hall–Kier alpha value is -4.51. The third-order valence-electron chi connectivity index (χ3n) is 5.27. The van der Waals surface area contributed by atoms with Crippen LogP contribution in [0, 0.1) is 0 Å². The SMILES string of the molecule is COc1cc(-c2nnc(SCC(=O)NN=CC(C)=Cc3ccco3)n2-c2ccccc2)cc(OC)c1OC. The van der Waals surface area contributed by atoms with Gasteiger partial charge in [0.15, 0.2) is 22.5 Å². The van der Waals surface area contributed by atoms with Crippen LogP contribution >= 0.6 is 11.8 Å². The Kier molecular flexibility index (Phi) is 8.83.